The van der Waals surface area contributed by atoms with E-state index in [9.17, 15) is 18.3 Å². The smallest absolute Gasteiger partial charge is 0.312 e. The van der Waals surface area contributed by atoms with E-state index in [1.54, 1.807) is 0 Å². The Labute approximate surface area is 146 Å². The van der Waals surface area contributed by atoms with Crippen molar-refractivity contribution >= 4 is 26.9 Å². The largest absolute Gasteiger partial charge is 0.481 e. The van der Waals surface area contributed by atoms with E-state index >= 15 is 0 Å². The number of nitrogens with zero attached hydrogens (tertiary/aromatic N) is 2. The summed E-state index contributed by atoms with van der Waals surface area (Å²) in [6.45, 7) is 1.97. The Balaban J connectivity index is 1.58. The van der Waals surface area contributed by atoms with E-state index in [4.69, 9.17) is 0 Å². The lowest BCUT2D eigenvalue weighted by Gasteiger charge is -2.24. The third kappa shape index (κ3) is 2.65. The van der Waals surface area contributed by atoms with Gasteiger partial charge >= 0.3 is 5.97 Å². The Bertz CT molecular complexity index is 938. The summed E-state index contributed by atoms with van der Waals surface area (Å²) in [4.78, 5) is 17.4. The van der Waals surface area contributed by atoms with Crippen LogP contribution in [0.3, 0.4) is 0 Å². The fourth-order valence-corrected chi connectivity index (χ4v) is 5.24. The molecule has 3 heterocycles. The second kappa shape index (κ2) is 5.55. The molecule has 134 valence electrons. The quantitative estimate of drug-likeness (QED) is 0.843. The minimum Gasteiger partial charge on any atom is -0.481 e. The van der Waals surface area contributed by atoms with E-state index in [2.05, 4.69) is 9.88 Å². The van der Waals surface area contributed by atoms with Gasteiger partial charge in [0.15, 0.2) is 0 Å². The number of hydrogen-bond donors (Lipinski definition) is 2. The predicted octanol–water partition coefficient (Wildman–Crippen LogP) is 0.946. The molecule has 8 heteroatoms. The van der Waals surface area contributed by atoms with Gasteiger partial charge in [0.2, 0.25) is 10.0 Å². The standard InChI is InChI=1S/C17H21N3O4S/c1-25(23,24)20-9-14-8-19(10-17(14,11-20)16(21)22)7-13-4-2-3-12-5-6-18-15(12)13/h2-6,14,18H,7-11H2,1H3,(H,21,22)/t14-,17-/m1/s1. The molecule has 25 heavy (non-hydrogen) atoms. The van der Waals surface area contributed by atoms with Crippen LogP contribution in [0.15, 0.2) is 30.5 Å². The van der Waals surface area contributed by atoms with Gasteiger partial charge in [0.05, 0.1) is 11.7 Å². The molecule has 0 bridgehead atoms. The molecule has 2 saturated heterocycles. The molecule has 1 aromatic carbocycles. The number of likely N-dealkylation sites (tertiary alicyclic amines) is 1. The topological polar surface area (TPSA) is 93.7 Å². The predicted molar refractivity (Wildman–Crippen MR) is 93.6 cm³/mol. The van der Waals surface area contributed by atoms with Gasteiger partial charge in [-0.2, -0.15) is 0 Å². The van der Waals surface area contributed by atoms with Gasteiger partial charge in [0.1, 0.15) is 0 Å². The summed E-state index contributed by atoms with van der Waals surface area (Å²) >= 11 is 0. The van der Waals surface area contributed by atoms with Gasteiger partial charge in [-0.15, -0.1) is 0 Å². The van der Waals surface area contributed by atoms with Crippen LogP contribution in [0.4, 0.5) is 0 Å². The van der Waals surface area contributed by atoms with Crippen molar-refractivity contribution in [2.24, 2.45) is 11.3 Å². The number of nitrogens with one attached hydrogen (secondary N) is 1. The van der Waals surface area contributed by atoms with Crippen molar-refractivity contribution in [3.05, 3.63) is 36.0 Å². The minimum absolute atomic E-state index is 0.0645. The minimum atomic E-state index is -3.37. The normalized spacial score (nSPS) is 27.8. The van der Waals surface area contributed by atoms with Gasteiger partial charge in [0.25, 0.3) is 0 Å². The van der Waals surface area contributed by atoms with E-state index in [1.165, 1.54) is 4.31 Å². The third-order valence-corrected chi connectivity index (χ3v) is 6.83. The van der Waals surface area contributed by atoms with Crippen molar-refractivity contribution < 1.29 is 18.3 Å². The summed E-state index contributed by atoms with van der Waals surface area (Å²) in [5.41, 5.74) is 1.19. The number of carbonyl (C=O) groups is 1. The average molecular weight is 363 g/mol. The Morgan fingerprint density at radius 3 is 2.80 bits per heavy atom. The summed E-state index contributed by atoms with van der Waals surface area (Å²) in [7, 11) is -3.37. The number of fused-ring (bicyclic) bond motifs is 2. The van der Waals surface area contributed by atoms with Crippen molar-refractivity contribution in [3.63, 3.8) is 0 Å². The summed E-state index contributed by atoms with van der Waals surface area (Å²) in [6, 6.07) is 8.10. The van der Waals surface area contributed by atoms with Crippen molar-refractivity contribution in [1.29, 1.82) is 0 Å². The molecule has 2 aliphatic heterocycles. The molecule has 2 aromatic rings. The van der Waals surface area contributed by atoms with Gasteiger partial charge in [-0.1, -0.05) is 18.2 Å². The maximum absolute atomic E-state index is 12.0. The molecule has 0 unspecified atom stereocenters. The number of rotatable bonds is 4. The molecule has 0 amide bonds. The molecule has 1 aromatic heterocycles. The molecule has 7 nitrogen and oxygen atoms in total. The van der Waals surface area contributed by atoms with Crippen LogP contribution in [0.2, 0.25) is 0 Å². The number of carboxylic acids is 1. The van der Waals surface area contributed by atoms with Crippen LogP contribution in [0, 0.1) is 11.3 Å². The van der Waals surface area contributed by atoms with Gasteiger partial charge in [-0.25, -0.2) is 12.7 Å². The van der Waals surface area contributed by atoms with E-state index in [0.29, 0.717) is 19.6 Å². The molecule has 2 atom stereocenters. The van der Waals surface area contributed by atoms with Crippen LogP contribution in [-0.4, -0.2) is 66.1 Å². The van der Waals surface area contributed by atoms with Crippen molar-refractivity contribution in [2.75, 3.05) is 32.4 Å². The Morgan fingerprint density at radius 1 is 1.32 bits per heavy atom. The lowest BCUT2D eigenvalue weighted by atomic mass is 9.81. The monoisotopic (exact) mass is 363 g/mol. The van der Waals surface area contributed by atoms with Crippen LogP contribution in [0.25, 0.3) is 10.9 Å². The Hall–Kier alpha value is -1.90. The number of aliphatic carboxylic acids is 1. The molecular formula is C17H21N3O4S. The summed E-state index contributed by atoms with van der Waals surface area (Å²) in [6.07, 6.45) is 3.04. The second-order valence-corrected chi connectivity index (χ2v) is 9.22. The first kappa shape index (κ1) is 16.6. The average Bonchev–Trinajstić information content (AvgIpc) is 3.18. The zero-order chi connectivity index (χ0) is 17.8. The van der Waals surface area contributed by atoms with Crippen molar-refractivity contribution in [1.82, 2.24) is 14.2 Å². The van der Waals surface area contributed by atoms with Crippen molar-refractivity contribution in [2.45, 2.75) is 6.54 Å². The van der Waals surface area contributed by atoms with E-state index in [0.717, 1.165) is 22.7 Å². The maximum Gasteiger partial charge on any atom is 0.312 e. The molecule has 4 rings (SSSR count). The summed E-state index contributed by atoms with van der Waals surface area (Å²) < 4.78 is 25.0. The zero-order valence-corrected chi connectivity index (χ0v) is 14.8. The highest BCUT2D eigenvalue weighted by atomic mass is 32.2. The second-order valence-electron chi connectivity index (χ2n) is 7.24. The lowest BCUT2D eigenvalue weighted by molar-refractivity contribution is -0.148. The molecule has 2 fully saturated rings. The van der Waals surface area contributed by atoms with Crippen LogP contribution in [0.1, 0.15) is 5.56 Å². The number of sulfonamides is 1. The fourth-order valence-electron chi connectivity index (χ4n) is 4.32. The Morgan fingerprint density at radius 2 is 2.12 bits per heavy atom. The molecule has 0 spiro atoms. The van der Waals surface area contributed by atoms with Crippen LogP contribution in [-0.2, 0) is 21.4 Å². The van der Waals surface area contributed by atoms with Gasteiger partial charge < -0.3 is 10.1 Å². The number of aromatic amines is 1. The van der Waals surface area contributed by atoms with Crippen molar-refractivity contribution in [3.8, 4) is 0 Å². The van der Waals surface area contributed by atoms with Crippen LogP contribution in [0.5, 0.6) is 0 Å². The van der Waals surface area contributed by atoms with Gasteiger partial charge in [-0.3, -0.25) is 9.69 Å². The SMILES string of the molecule is CS(=O)(=O)N1C[C@H]2CN(Cc3cccc4cc[nH]c34)C[C@@]2(C(=O)O)C1. The molecule has 0 aliphatic carbocycles. The number of carboxylic acid groups (broad SMARTS) is 1. The first-order valence-electron chi connectivity index (χ1n) is 8.25. The number of H-pyrrole nitrogens is 1. The third-order valence-electron chi connectivity index (χ3n) is 5.61. The van der Waals surface area contributed by atoms with E-state index in [1.807, 2.05) is 30.5 Å². The fraction of sp³-hybridized carbons (Fsp3) is 0.471. The highest BCUT2D eigenvalue weighted by Gasteiger charge is 2.59. The number of aromatic nitrogens is 1. The summed E-state index contributed by atoms with van der Waals surface area (Å²) in [5, 5.41) is 11.0. The van der Waals surface area contributed by atoms with Crippen LogP contribution >= 0.6 is 0 Å². The number of benzene rings is 1. The molecule has 2 N–H and O–H groups in total. The maximum atomic E-state index is 12.0. The zero-order valence-electron chi connectivity index (χ0n) is 14.0. The number of para-hydroxylation sites is 1. The van der Waals surface area contributed by atoms with Crippen LogP contribution < -0.4 is 0 Å². The summed E-state index contributed by atoms with van der Waals surface area (Å²) in [5.74, 6) is -1.08. The highest BCUT2D eigenvalue weighted by molar-refractivity contribution is 7.88. The molecule has 0 saturated carbocycles. The Kier molecular flexibility index (Phi) is 3.68. The van der Waals surface area contributed by atoms with E-state index in [-0.39, 0.29) is 19.0 Å². The van der Waals surface area contributed by atoms with E-state index < -0.39 is 21.4 Å². The van der Waals surface area contributed by atoms with Gasteiger partial charge in [-0.05, 0) is 17.0 Å². The highest BCUT2D eigenvalue weighted by Crippen LogP contribution is 2.44. The van der Waals surface area contributed by atoms with Gasteiger partial charge in [0, 0.05) is 50.4 Å². The lowest BCUT2D eigenvalue weighted by Crippen LogP contribution is -2.41. The molecular weight excluding hydrogens is 342 g/mol. The molecule has 2 aliphatic rings. The first-order chi connectivity index (χ1) is 11.8. The number of hydrogen-bond acceptors (Lipinski definition) is 4. The first-order valence-corrected chi connectivity index (χ1v) is 10.1. The molecule has 0 radical (unpaired) electrons.